The summed E-state index contributed by atoms with van der Waals surface area (Å²) in [5.74, 6) is 0.238. The van der Waals surface area contributed by atoms with Gasteiger partial charge in [-0.1, -0.05) is 42.5 Å². The van der Waals surface area contributed by atoms with Crippen LogP contribution in [0.1, 0.15) is 17.7 Å². The Morgan fingerprint density at radius 2 is 2.00 bits per heavy atom. The van der Waals surface area contributed by atoms with Gasteiger partial charge in [0, 0.05) is 17.6 Å². The Balaban J connectivity index is 1.57. The molecule has 1 aromatic heterocycles. The summed E-state index contributed by atoms with van der Waals surface area (Å²) in [5, 5.41) is 17.1. The average Bonchev–Trinajstić information content (AvgIpc) is 3.23. The van der Waals surface area contributed by atoms with Gasteiger partial charge < -0.3 is 15.7 Å². The Kier molecular flexibility index (Phi) is 4.85. The van der Waals surface area contributed by atoms with E-state index in [9.17, 15) is 9.90 Å². The SMILES string of the molecule is O=C(Nc1ccccc1C=Cc1ccc2cccc(O)c2n1)C1CCNC1. The molecule has 5 nitrogen and oxygen atoms in total. The van der Waals surface area contributed by atoms with Crippen LogP contribution in [-0.4, -0.2) is 29.1 Å². The van der Waals surface area contributed by atoms with Crippen LogP contribution in [0.25, 0.3) is 23.1 Å². The van der Waals surface area contributed by atoms with Gasteiger partial charge in [0.2, 0.25) is 5.91 Å². The highest BCUT2D eigenvalue weighted by Crippen LogP contribution is 2.24. The molecular formula is C22H21N3O2. The zero-order chi connectivity index (χ0) is 18.6. The summed E-state index contributed by atoms with van der Waals surface area (Å²) in [6.45, 7) is 1.62. The summed E-state index contributed by atoms with van der Waals surface area (Å²) >= 11 is 0. The molecule has 5 heteroatoms. The van der Waals surface area contributed by atoms with Crippen LogP contribution in [0.3, 0.4) is 0 Å². The fourth-order valence-corrected chi connectivity index (χ4v) is 3.28. The molecule has 1 aliphatic heterocycles. The number of pyridine rings is 1. The first-order chi connectivity index (χ1) is 13.2. The van der Waals surface area contributed by atoms with E-state index in [4.69, 9.17) is 0 Å². The monoisotopic (exact) mass is 359 g/mol. The van der Waals surface area contributed by atoms with Crippen LogP contribution in [0.2, 0.25) is 0 Å². The highest BCUT2D eigenvalue weighted by atomic mass is 16.3. The molecule has 1 amide bonds. The molecule has 0 aliphatic carbocycles. The molecule has 0 spiro atoms. The van der Waals surface area contributed by atoms with E-state index in [1.807, 2.05) is 54.6 Å². The number of anilines is 1. The Labute approximate surface area is 157 Å². The molecule has 3 N–H and O–H groups in total. The smallest absolute Gasteiger partial charge is 0.228 e. The van der Waals surface area contributed by atoms with E-state index < -0.39 is 0 Å². The highest BCUT2D eigenvalue weighted by molar-refractivity contribution is 5.95. The third-order valence-corrected chi connectivity index (χ3v) is 4.80. The van der Waals surface area contributed by atoms with Gasteiger partial charge in [-0.15, -0.1) is 0 Å². The second-order valence-corrected chi connectivity index (χ2v) is 6.68. The van der Waals surface area contributed by atoms with Gasteiger partial charge in [-0.25, -0.2) is 4.98 Å². The van der Waals surface area contributed by atoms with Crippen LogP contribution in [0.4, 0.5) is 5.69 Å². The quantitative estimate of drug-likeness (QED) is 0.665. The minimum absolute atomic E-state index is 0.0205. The standard InChI is InChI=1S/C22H21N3O2/c26-20-7-3-5-16-9-11-18(24-21(16)20)10-8-15-4-1-2-6-19(15)25-22(27)17-12-13-23-14-17/h1-11,17,23,26H,12-14H2,(H,25,27). The number of nitrogens with zero attached hydrogens (tertiary/aromatic N) is 1. The molecule has 2 heterocycles. The van der Waals surface area contributed by atoms with Gasteiger partial charge in [-0.05, 0) is 42.8 Å². The molecule has 1 saturated heterocycles. The van der Waals surface area contributed by atoms with Crippen molar-refractivity contribution >= 4 is 34.6 Å². The van der Waals surface area contributed by atoms with Crippen molar-refractivity contribution in [2.75, 3.05) is 18.4 Å². The predicted molar refractivity (Wildman–Crippen MR) is 108 cm³/mol. The number of benzene rings is 2. The maximum absolute atomic E-state index is 12.4. The van der Waals surface area contributed by atoms with Gasteiger partial charge in [0.25, 0.3) is 0 Å². The number of phenolic OH excluding ortho intramolecular Hbond substituents is 1. The molecule has 0 bridgehead atoms. The number of hydrogen-bond donors (Lipinski definition) is 3. The van der Waals surface area contributed by atoms with Gasteiger partial charge in [0.05, 0.1) is 11.6 Å². The highest BCUT2D eigenvalue weighted by Gasteiger charge is 2.22. The topological polar surface area (TPSA) is 74.2 Å². The average molecular weight is 359 g/mol. The van der Waals surface area contributed by atoms with E-state index >= 15 is 0 Å². The minimum atomic E-state index is 0.0205. The first-order valence-electron chi connectivity index (χ1n) is 9.08. The molecule has 4 rings (SSSR count). The Hall–Kier alpha value is -3.18. The molecule has 136 valence electrons. The van der Waals surface area contributed by atoms with Gasteiger partial charge in [-0.3, -0.25) is 4.79 Å². The van der Waals surface area contributed by atoms with Crippen molar-refractivity contribution in [2.45, 2.75) is 6.42 Å². The lowest BCUT2D eigenvalue weighted by Crippen LogP contribution is -2.24. The van der Waals surface area contributed by atoms with Crippen LogP contribution in [0, 0.1) is 5.92 Å². The lowest BCUT2D eigenvalue weighted by molar-refractivity contribution is -0.119. The Morgan fingerprint density at radius 3 is 2.85 bits per heavy atom. The number of aromatic hydroxyl groups is 1. The molecule has 1 unspecified atom stereocenters. The summed E-state index contributed by atoms with van der Waals surface area (Å²) < 4.78 is 0. The van der Waals surface area contributed by atoms with Crippen LogP contribution in [0.5, 0.6) is 5.75 Å². The fraction of sp³-hybridized carbons (Fsp3) is 0.182. The van der Waals surface area contributed by atoms with Crippen molar-refractivity contribution in [3.63, 3.8) is 0 Å². The van der Waals surface area contributed by atoms with Crippen molar-refractivity contribution in [3.05, 3.63) is 65.9 Å². The third-order valence-electron chi connectivity index (χ3n) is 4.80. The number of nitrogens with one attached hydrogen (secondary N) is 2. The molecule has 1 aliphatic rings. The maximum atomic E-state index is 12.4. The Morgan fingerprint density at radius 1 is 1.11 bits per heavy atom. The maximum Gasteiger partial charge on any atom is 0.228 e. The number of para-hydroxylation sites is 2. The molecule has 2 aromatic carbocycles. The zero-order valence-electron chi connectivity index (χ0n) is 14.9. The third kappa shape index (κ3) is 3.83. The first kappa shape index (κ1) is 17.2. The molecule has 0 radical (unpaired) electrons. The number of phenols is 1. The van der Waals surface area contributed by atoms with Crippen LogP contribution in [0.15, 0.2) is 54.6 Å². The van der Waals surface area contributed by atoms with Crippen molar-refractivity contribution in [2.24, 2.45) is 5.92 Å². The lowest BCUT2D eigenvalue weighted by Gasteiger charge is -2.12. The van der Waals surface area contributed by atoms with E-state index in [2.05, 4.69) is 15.6 Å². The van der Waals surface area contributed by atoms with E-state index in [-0.39, 0.29) is 17.6 Å². The summed E-state index contributed by atoms with van der Waals surface area (Å²) in [7, 11) is 0. The Bertz CT molecular complexity index is 1010. The van der Waals surface area contributed by atoms with E-state index in [1.165, 1.54) is 0 Å². The normalized spacial score (nSPS) is 16.8. The van der Waals surface area contributed by atoms with Crippen LogP contribution >= 0.6 is 0 Å². The van der Waals surface area contributed by atoms with E-state index in [0.717, 1.165) is 41.8 Å². The molecular weight excluding hydrogens is 338 g/mol. The minimum Gasteiger partial charge on any atom is -0.506 e. The number of fused-ring (bicyclic) bond motifs is 1. The second-order valence-electron chi connectivity index (χ2n) is 6.68. The van der Waals surface area contributed by atoms with Gasteiger partial charge in [0.1, 0.15) is 11.3 Å². The summed E-state index contributed by atoms with van der Waals surface area (Å²) in [6.07, 6.45) is 4.68. The summed E-state index contributed by atoms with van der Waals surface area (Å²) in [4.78, 5) is 16.9. The van der Waals surface area contributed by atoms with E-state index in [1.54, 1.807) is 12.1 Å². The first-order valence-corrected chi connectivity index (χ1v) is 9.08. The van der Waals surface area contributed by atoms with Crippen LogP contribution in [-0.2, 0) is 4.79 Å². The number of aromatic nitrogens is 1. The predicted octanol–water partition coefficient (Wildman–Crippen LogP) is 3.66. The number of rotatable bonds is 4. The molecule has 1 atom stereocenters. The van der Waals surface area contributed by atoms with Crippen molar-refractivity contribution in [3.8, 4) is 5.75 Å². The van der Waals surface area contributed by atoms with Crippen molar-refractivity contribution < 1.29 is 9.90 Å². The van der Waals surface area contributed by atoms with Gasteiger partial charge in [0.15, 0.2) is 0 Å². The number of carbonyl (C=O) groups excluding carboxylic acids is 1. The van der Waals surface area contributed by atoms with Crippen molar-refractivity contribution in [1.29, 1.82) is 0 Å². The van der Waals surface area contributed by atoms with E-state index in [0.29, 0.717) is 5.52 Å². The summed E-state index contributed by atoms with van der Waals surface area (Å²) in [6, 6.07) is 16.9. The molecule has 27 heavy (non-hydrogen) atoms. The van der Waals surface area contributed by atoms with Gasteiger partial charge >= 0.3 is 0 Å². The largest absolute Gasteiger partial charge is 0.506 e. The second kappa shape index (κ2) is 7.60. The number of hydrogen-bond acceptors (Lipinski definition) is 4. The van der Waals surface area contributed by atoms with Crippen molar-refractivity contribution in [1.82, 2.24) is 10.3 Å². The molecule has 1 fully saturated rings. The molecule has 3 aromatic rings. The van der Waals surface area contributed by atoms with Gasteiger partial charge in [-0.2, -0.15) is 0 Å². The lowest BCUT2D eigenvalue weighted by atomic mass is 10.1. The molecule has 0 saturated carbocycles. The number of carbonyl (C=O) groups is 1. The fourth-order valence-electron chi connectivity index (χ4n) is 3.28. The van der Waals surface area contributed by atoms with Crippen LogP contribution < -0.4 is 10.6 Å². The number of amides is 1. The summed E-state index contributed by atoms with van der Waals surface area (Å²) in [5.41, 5.74) is 3.02. The zero-order valence-corrected chi connectivity index (χ0v) is 14.9.